The minimum Gasteiger partial charge on any atom is -0.504 e. The van der Waals surface area contributed by atoms with Gasteiger partial charge in [-0.1, -0.05) is 53.7 Å². The molecule has 70 heavy (non-hydrogen) atoms. The summed E-state index contributed by atoms with van der Waals surface area (Å²) in [5.41, 5.74) is 1.21. The monoisotopic (exact) mass is 974 g/mol. The zero-order chi connectivity index (χ0) is 51.4. The number of phenols is 2. The number of halogens is 2. The number of aromatic hydroxyl groups is 2. The molecule has 0 saturated heterocycles. The molecule has 2 unspecified atom stereocenters. The Labute approximate surface area is 408 Å². The number of nitrogens with one attached hydrogen (secondary N) is 2. The molecule has 0 saturated carbocycles. The standard InChI is InChI=1S/C53H68F2N4O11/c1-52(2,3)35-19-29(21-37(46(35)63)69-17-13-11-15-60)33(27-58-25-31-23-39(65-7)48(67-9)43(54)41(31)50(58)56)45(62)34(28-59-26-32-24-40(66-8)49(68-10)44(55)42(32)51(59)57)30-20-36(53(4,5)6)47(64)38(22-30)70-18-14-12-16-61/h19-24,33-34,56-57,60-61,63-64H,11-18,25-28H2,1-10H3. The van der Waals surface area contributed by atoms with Crippen LogP contribution in [0.15, 0.2) is 36.4 Å². The topological polar surface area (TPSA) is 208 Å². The molecule has 2 atom stereocenters. The van der Waals surface area contributed by atoms with Gasteiger partial charge in [0.05, 0.1) is 64.6 Å². The van der Waals surface area contributed by atoms with E-state index in [0.29, 0.717) is 59.1 Å². The maximum atomic E-state index is 16.3. The van der Waals surface area contributed by atoms with Gasteiger partial charge in [-0.25, -0.2) is 8.78 Å². The minimum atomic E-state index is -1.16. The van der Waals surface area contributed by atoms with Gasteiger partial charge in [0.2, 0.25) is 0 Å². The van der Waals surface area contributed by atoms with Gasteiger partial charge in [-0.15, -0.1) is 0 Å². The first-order valence-corrected chi connectivity index (χ1v) is 23.5. The summed E-state index contributed by atoms with van der Waals surface area (Å²) in [7, 11) is 5.38. The number of rotatable bonds is 22. The van der Waals surface area contributed by atoms with E-state index in [2.05, 4.69) is 0 Å². The molecule has 4 aromatic rings. The lowest BCUT2D eigenvalue weighted by molar-refractivity contribution is -0.122. The lowest BCUT2D eigenvalue weighted by Crippen LogP contribution is -2.38. The van der Waals surface area contributed by atoms with E-state index in [1.807, 2.05) is 41.5 Å². The van der Waals surface area contributed by atoms with Crippen LogP contribution in [0.25, 0.3) is 0 Å². The number of Topliss-reactive ketones (excluding diaryl/α,β-unsaturated/α-hetero) is 1. The average molecular weight is 975 g/mol. The van der Waals surface area contributed by atoms with Gasteiger partial charge in [-0.2, -0.15) is 0 Å². The molecule has 2 aliphatic heterocycles. The maximum Gasteiger partial charge on any atom is 0.197 e. The van der Waals surface area contributed by atoms with E-state index >= 15 is 13.6 Å². The molecular formula is C53H68F2N4O11. The third-order valence-electron chi connectivity index (χ3n) is 12.9. The molecule has 0 aromatic heterocycles. The third-order valence-corrected chi connectivity index (χ3v) is 12.9. The molecule has 0 amide bonds. The van der Waals surface area contributed by atoms with Crippen molar-refractivity contribution in [3.8, 4) is 46.0 Å². The van der Waals surface area contributed by atoms with Gasteiger partial charge < -0.3 is 58.6 Å². The number of hydrogen-bond acceptors (Lipinski definition) is 13. The lowest BCUT2D eigenvalue weighted by atomic mass is 9.78. The fourth-order valence-electron chi connectivity index (χ4n) is 9.18. The van der Waals surface area contributed by atoms with Crippen LogP contribution in [-0.2, 0) is 28.7 Å². The van der Waals surface area contributed by atoms with E-state index in [0.717, 1.165) is 0 Å². The summed E-state index contributed by atoms with van der Waals surface area (Å²) in [4.78, 5) is 19.5. The van der Waals surface area contributed by atoms with Crippen molar-refractivity contribution in [1.29, 1.82) is 10.8 Å². The summed E-state index contributed by atoms with van der Waals surface area (Å²) in [5, 5.41) is 61.3. The van der Waals surface area contributed by atoms with E-state index in [4.69, 9.17) is 28.4 Å². The number of fused-ring (bicyclic) bond motifs is 2. The molecule has 2 aliphatic rings. The zero-order valence-electron chi connectivity index (χ0n) is 41.9. The van der Waals surface area contributed by atoms with Crippen molar-refractivity contribution in [3.05, 3.63) is 92.5 Å². The number of unbranched alkanes of at least 4 members (excludes halogenated alkanes) is 2. The summed E-state index contributed by atoms with van der Waals surface area (Å²) >= 11 is 0. The Hall–Kier alpha value is -6.33. The van der Waals surface area contributed by atoms with Crippen LogP contribution in [0.5, 0.6) is 46.0 Å². The Morgan fingerprint density at radius 1 is 0.600 bits per heavy atom. The normalized spacial score (nSPS) is 14.4. The number of methoxy groups -OCH3 is 4. The summed E-state index contributed by atoms with van der Waals surface area (Å²) in [6.45, 7) is 11.3. The van der Waals surface area contributed by atoms with Gasteiger partial charge in [0.25, 0.3) is 0 Å². The molecule has 0 radical (unpaired) electrons. The smallest absolute Gasteiger partial charge is 0.197 e. The molecule has 0 bridgehead atoms. The first-order valence-electron chi connectivity index (χ1n) is 23.5. The van der Waals surface area contributed by atoms with Crippen LogP contribution in [0.3, 0.4) is 0 Å². The van der Waals surface area contributed by atoms with Crippen molar-refractivity contribution in [2.24, 2.45) is 0 Å². The van der Waals surface area contributed by atoms with Crippen LogP contribution in [0.1, 0.15) is 124 Å². The van der Waals surface area contributed by atoms with Crippen LogP contribution in [0.4, 0.5) is 8.78 Å². The summed E-state index contributed by atoms with van der Waals surface area (Å²) in [5.74, 6) is -4.86. The van der Waals surface area contributed by atoms with E-state index in [1.165, 1.54) is 28.4 Å². The molecule has 17 heteroatoms. The largest absolute Gasteiger partial charge is 0.504 e. The summed E-state index contributed by atoms with van der Waals surface area (Å²) in [6.07, 6.45) is 1.85. The van der Waals surface area contributed by atoms with Gasteiger partial charge >= 0.3 is 0 Å². The van der Waals surface area contributed by atoms with E-state index in [1.54, 1.807) is 46.2 Å². The van der Waals surface area contributed by atoms with E-state index < -0.39 is 40.1 Å². The molecule has 6 rings (SSSR count). The zero-order valence-corrected chi connectivity index (χ0v) is 41.9. The van der Waals surface area contributed by atoms with Crippen molar-refractivity contribution in [1.82, 2.24) is 9.80 Å². The van der Waals surface area contributed by atoms with Crippen LogP contribution in [0.2, 0.25) is 0 Å². The number of aliphatic hydroxyl groups is 2. The fourth-order valence-corrected chi connectivity index (χ4v) is 9.18. The van der Waals surface area contributed by atoms with E-state index in [9.17, 15) is 31.2 Å². The molecule has 4 aromatic carbocycles. The maximum absolute atomic E-state index is 16.3. The number of aliphatic hydroxyl groups excluding tert-OH is 2. The fraction of sp³-hybridized carbons (Fsp3) is 0.491. The second-order valence-electron chi connectivity index (χ2n) is 19.8. The SMILES string of the molecule is COc1cc2c(c(F)c1OC)C(=N)N(CC(C(=O)C(CN1Cc3cc(OC)c(OC)c(F)c3C1=N)c1cc(OCCCCO)c(O)c(C(C)(C)C)c1)c1cc(OCCCCO)c(O)c(C(C)(C)C)c1)C2. The van der Waals surface area contributed by atoms with Crippen molar-refractivity contribution in [2.75, 3.05) is 68.0 Å². The molecule has 0 aliphatic carbocycles. The highest BCUT2D eigenvalue weighted by molar-refractivity contribution is 6.03. The summed E-state index contributed by atoms with van der Waals surface area (Å²) in [6, 6.07) is 9.88. The molecular weight excluding hydrogens is 907 g/mol. The Morgan fingerprint density at radius 3 is 1.29 bits per heavy atom. The van der Waals surface area contributed by atoms with Crippen molar-refractivity contribution in [2.45, 2.75) is 103 Å². The Balaban J connectivity index is 1.59. The summed E-state index contributed by atoms with van der Waals surface area (Å²) < 4.78 is 66.6. The number of amidine groups is 2. The van der Waals surface area contributed by atoms with E-state index in [-0.39, 0.29) is 121 Å². The molecule has 2 heterocycles. The number of ketones is 1. The van der Waals surface area contributed by atoms with Crippen molar-refractivity contribution >= 4 is 17.5 Å². The van der Waals surface area contributed by atoms with Gasteiger partial charge in [0.15, 0.2) is 63.4 Å². The van der Waals surface area contributed by atoms with Crippen LogP contribution in [-0.4, -0.2) is 116 Å². The number of carbonyl (C=O) groups excluding carboxylic acids is 1. The number of ether oxygens (including phenoxy) is 6. The highest BCUT2D eigenvalue weighted by atomic mass is 19.1. The number of carbonyl (C=O) groups is 1. The molecule has 0 spiro atoms. The number of phenolic OH excluding ortho intramolecular Hbond substituents is 2. The number of benzene rings is 4. The van der Waals surface area contributed by atoms with Crippen molar-refractivity contribution < 1.29 is 62.4 Å². The first-order chi connectivity index (χ1) is 33.1. The minimum absolute atomic E-state index is 0.0121. The Bertz CT molecular complexity index is 2430. The first kappa shape index (κ1) is 53.0. The van der Waals surface area contributed by atoms with Gasteiger partial charge in [-0.3, -0.25) is 15.6 Å². The second kappa shape index (κ2) is 21.8. The van der Waals surface area contributed by atoms with Crippen molar-refractivity contribution in [3.63, 3.8) is 0 Å². The molecule has 6 N–H and O–H groups in total. The number of hydrogen-bond donors (Lipinski definition) is 6. The Kier molecular flexibility index (Phi) is 16.5. The van der Waals surface area contributed by atoms with Crippen LogP contribution < -0.4 is 28.4 Å². The van der Waals surface area contributed by atoms with Crippen LogP contribution in [0, 0.1) is 22.5 Å². The van der Waals surface area contributed by atoms with Gasteiger partial charge in [0.1, 0.15) is 11.7 Å². The predicted octanol–water partition coefficient (Wildman–Crippen LogP) is 8.43. The predicted molar refractivity (Wildman–Crippen MR) is 261 cm³/mol. The third kappa shape index (κ3) is 10.7. The second-order valence-corrected chi connectivity index (χ2v) is 19.8. The highest BCUT2D eigenvalue weighted by Crippen LogP contribution is 2.47. The lowest BCUT2D eigenvalue weighted by Gasteiger charge is -2.33. The van der Waals surface area contributed by atoms with Gasteiger partial charge in [0, 0.05) is 50.5 Å². The average Bonchev–Trinajstić information content (AvgIpc) is 3.80. The van der Waals surface area contributed by atoms with Crippen LogP contribution >= 0.6 is 0 Å². The quantitative estimate of drug-likeness (QED) is 0.0410. The highest BCUT2D eigenvalue weighted by Gasteiger charge is 2.41. The molecule has 380 valence electrons. The van der Waals surface area contributed by atoms with Gasteiger partial charge in [-0.05, 0) is 83.0 Å². The number of nitrogens with zero attached hydrogens (tertiary/aromatic N) is 2. The molecule has 0 fully saturated rings. The Morgan fingerprint density at radius 2 is 0.971 bits per heavy atom. The molecule has 15 nitrogen and oxygen atoms in total.